The van der Waals surface area contributed by atoms with E-state index in [2.05, 4.69) is 7.85 Å². The number of rotatable bonds is 1. The minimum atomic E-state index is -3.87. The standard InChI is InChI=1S/CH4BO3P/c2-1-6(3,4)5/h1H2,(H2,3,4,5). The Morgan fingerprint density at radius 3 is 1.83 bits per heavy atom. The van der Waals surface area contributed by atoms with Gasteiger partial charge in [-0.1, -0.05) is 0 Å². The van der Waals surface area contributed by atoms with Crippen LogP contribution in [0.5, 0.6) is 0 Å². The molecular weight excluding hydrogens is 102 g/mol. The van der Waals surface area contributed by atoms with Crippen molar-refractivity contribution in [1.82, 2.24) is 0 Å². The molecule has 0 saturated carbocycles. The minimum absolute atomic E-state index is 0.562. The predicted octanol–water partition coefficient (Wildman–Crippen LogP) is -0.710. The Morgan fingerprint density at radius 2 is 1.83 bits per heavy atom. The molecule has 0 atom stereocenters. The summed E-state index contributed by atoms with van der Waals surface area (Å²) in [6, 6.07) is -0.562. The molecule has 0 aliphatic rings. The third-order valence-electron chi connectivity index (χ3n) is 0.238. The summed E-state index contributed by atoms with van der Waals surface area (Å²) in [7, 11) is 0.674. The van der Waals surface area contributed by atoms with Gasteiger partial charge in [-0.15, -0.1) is 0 Å². The van der Waals surface area contributed by atoms with Crippen LogP contribution < -0.4 is 0 Å². The van der Waals surface area contributed by atoms with Gasteiger partial charge in [-0.2, -0.15) is 0 Å². The van der Waals surface area contributed by atoms with Crippen LogP contribution >= 0.6 is 7.60 Å². The Bertz CT molecular complexity index is 74.9. The van der Waals surface area contributed by atoms with Gasteiger partial charge in [-0.3, -0.25) is 4.57 Å². The van der Waals surface area contributed by atoms with Gasteiger partial charge in [0.25, 0.3) is 0 Å². The molecule has 0 saturated heterocycles. The quantitative estimate of drug-likeness (QED) is 0.342. The number of hydrogen-bond acceptors (Lipinski definition) is 1. The second-order valence-electron chi connectivity index (χ2n) is 0.847. The van der Waals surface area contributed by atoms with Gasteiger partial charge in [0.15, 0.2) is 0 Å². The van der Waals surface area contributed by atoms with Gasteiger partial charge in [0.05, 0.1) is 7.85 Å². The van der Waals surface area contributed by atoms with Crippen LogP contribution in [-0.4, -0.2) is 23.7 Å². The summed E-state index contributed by atoms with van der Waals surface area (Å²) in [6.45, 7) is 0. The van der Waals surface area contributed by atoms with Crippen molar-refractivity contribution in [2.45, 2.75) is 0 Å². The Labute approximate surface area is 36.9 Å². The second kappa shape index (κ2) is 1.78. The van der Waals surface area contributed by atoms with E-state index in [4.69, 9.17) is 9.79 Å². The zero-order valence-electron chi connectivity index (χ0n) is 3.03. The highest BCUT2D eigenvalue weighted by molar-refractivity contribution is 7.53. The molecule has 0 spiro atoms. The molecule has 2 N–H and O–H groups in total. The summed E-state index contributed by atoms with van der Waals surface area (Å²) in [5, 5.41) is 0. The van der Waals surface area contributed by atoms with Crippen molar-refractivity contribution >= 4 is 15.4 Å². The fourth-order valence-corrected chi connectivity index (χ4v) is 0. The Hall–Kier alpha value is 0.215. The highest BCUT2D eigenvalue weighted by atomic mass is 31.2. The van der Waals surface area contributed by atoms with Crippen molar-refractivity contribution in [3.05, 3.63) is 0 Å². The average Bonchev–Trinajstić information content (AvgIpc) is 1.35. The van der Waals surface area contributed by atoms with Crippen molar-refractivity contribution < 1.29 is 14.4 Å². The first-order valence-electron chi connectivity index (χ1n) is 1.31. The maximum absolute atomic E-state index is 9.57. The highest BCUT2D eigenvalue weighted by Crippen LogP contribution is 2.31. The molecule has 34 valence electrons. The third-order valence-corrected chi connectivity index (χ3v) is 0.714. The van der Waals surface area contributed by atoms with Crippen LogP contribution in [0.25, 0.3) is 0 Å². The van der Waals surface area contributed by atoms with Crippen molar-refractivity contribution in [2.24, 2.45) is 0 Å². The summed E-state index contributed by atoms with van der Waals surface area (Å²) in [6.07, 6.45) is 0. The molecule has 0 amide bonds. The van der Waals surface area contributed by atoms with Crippen molar-refractivity contribution in [3.63, 3.8) is 0 Å². The molecule has 3 nitrogen and oxygen atoms in total. The molecule has 6 heavy (non-hydrogen) atoms. The first kappa shape index (κ1) is 6.21. The smallest absolute Gasteiger partial charge is 0.317 e. The molecule has 0 aromatic rings. The Kier molecular flexibility index (Phi) is 1.84. The van der Waals surface area contributed by atoms with Crippen LogP contribution in [0.4, 0.5) is 0 Å². The van der Waals surface area contributed by atoms with E-state index in [1.807, 2.05) is 0 Å². The van der Waals surface area contributed by atoms with E-state index in [0.29, 0.717) is 0 Å². The Morgan fingerprint density at radius 1 is 1.67 bits per heavy atom. The molecule has 0 unspecified atom stereocenters. The fourth-order valence-electron chi connectivity index (χ4n) is 0. The van der Waals surface area contributed by atoms with Gasteiger partial charge >= 0.3 is 7.60 Å². The molecular formula is CH4BO3P. The summed E-state index contributed by atoms with van der Waals surface area (Å²) in [5.74, 6) is 0. The zero-order chi connectivity index (χ0) is 5.21. The van der Waals surface area contributed by atoms with Gasteiger partial charge in [-0.25, -0.2) is 0 Å². The second-order valence-corrected chi connectivity index (χ2v) is 2.54. The molecule has 0 heterocycles. The van der Waals surface area contributed by atoms with Crippen LogP contribution in [0.2, 0.25) is 0 Å². The predicted molar refractivity (Wildman–Crippen MR) is 22.7 cm³/mol. The van der Waals surface area contributed by atoms with Gasteiger partial charge in [-0.05, 0) is 0 Å². The average molecular weight is 106 g/mol. The maximum Gasteiger partial charge on any atom is 0.317 e. The summed E-state index contributed by atoms with van der Waals surface area (Å²) < 4.78 is 9.57. The lowest BCUT2D eigenvalue weighted by Gasteiger charge is -1.93. The van der Waals surface area contributed by atoms with Gasteiger partial charge < -0.3 is 9.79 Å². The van der Waals surface area contributed by atoms with E-state index in [1.165, 1.54) is 0 Å². The summed E-state index contributed by atoms with van der Waals surface area (Å²) in [4.78, 5) is 15.6. The maximum atomic E-state index is 9.57. The molecule has 0 aliphatic heterocycles. The lowest BCUT2D eigenvalue weighted by molar-refractivity contribution is 0.379. The summed E-state index contributed by atoms with van der Waals surface area (Å²) >= 11 is 0. The Balaban J connectivity index is 3.48. The van der Waals surface area contributed by atoms with Crippen LogP contribution in [-0.2, 0) is 4.57 Å². The molecule has 5 heteroatoms. The fraction of sp³-hybridized carbons (Fsp3) is 1.00. The van der Waals surface area contributed by atoms with E-state index in [-0.39, 0.29) is 0 Å². The van der Waals surface area contributed by atoms with Crippen LogP contribution in [0.1, 0.15) is 0 Å². The molecule has 0 aromatic heterocycles. The first-order valence-corrected chi connectivity index (χ1v) is 3.10. The van der Waals surface area contributed by atoms with E-state index in [9.17, 15) is 4.57 Å². The molecule has 0 aliphatic carbocycles. The monoisotopic (exact) mass is 106 g/mol. The normalized spacial score (nSPS) is 11.7. The molecule has 0 aromatic carbocycles. The largest absolute Gasteiger partial charge is 0.325 e. The van der Waals surface area contributed by atoms with E-state index < -0.39 is 13.7 Å². The van der Waals surface area contributed by atoms with Gasteiger partial charge in [0.2, 0.25) is 0 Å². The summed E-state index contributed by atoms with van der Waals surface area (Å²) in [5.41, 5.74) is 0. The zero-order valence-corrected chi connectivity index (χ0v) is 3.93. The first-order chi connectivity index (χ1) is 2.56. The molecule has 2 radical (unpaired) electrons. The number of hydrogen-bond donors (Lipinski definition) is 2. The van der Waals surface area contributed by atoms with Gasteiger partial charge in [0.1, 0.15) is 0 Å². The highest BCUT2D eigenvalue weighted by Gasteiger charge is 2.04. The topological polar surface area (TPSA) is 57.5 Å². The van der Waals surface area contributed by atoms with E-state index in [0.717, 1.165) is 0 Å². The molecule has 0 bridgehead atoms. The van der Waals surface area contributed by atoms with Crippen molar-refractivity contribution in [2.75, 3.05) is 6.06 Å². The lowest BCUT2D eigenvalue weighted by atomic mass is 10.2. The SMILES string of the molecule is [B]CP(=O)(O)O. The van der Waals surface area contributed by atoms with Crippen LogP contribution in [0, 0.1) is 0 Å². The molecule has 0 fully saturated rings. The van der Waals surface area contributed by atoms with Crippen molar-refractivity contribution in [1.29, 1.82) is 0 Å². The molecule has 0 rings (SSSR count). The van der Waals surface area contributed by atoms with E-state index in [1.54, 1.807) is 0 Å². The lowest BCUT2D eigenvalue weighted by Crippen LogP contribution is -1.82. The van der Waals surface area contributed by atoms with Gasteiger partial charge in [0, 0.05) is 6.06 Å². The third kappa shape index (κ3) is 4.21. The van der Waals surface area contributed by atoms with Crippen LogP contribution in [0.3, 0.4) is 0 Å². The van der Waals surface area contributed by atoms with Crippen LogP contribution in [0.15, 0.2) is 0 Å². The minimum Gasteiger partial charge on any atom is -0.325 e. The van der Waals surface area contributed by atoms with E-state index >= 15 is 0 Å². The van der Waals surface area contributed by atoms with Crippen molar-refractivity contribution in [3.8, 4) is 0 Å².